The monoisotopic (exact) mass is 380 g/mol. The third kappa shape index (κ3) is 4.05. The van der Waals surface area contributed by atoms with E-state index >= 15 is 0 Å². The number of para-hydroxylation sites is 1. The maximum Gasteiger partial charge on any atom is 0.416 e. The van der Waals surface area contributed by atoms with Gasteiger partial charge in [-0.25, -0.2) is 0 Å². The first-order chi connectivity index (χ1) is 12.8. The van der Waals surface area contributed by atoms with Crippen molar-refractivity contribution >= 4 is 11.9 Å². The van der Waals surface area contributed by atoms with Crippen LogP contribution < -0.4 is 9.47 Å². The van der Waals surface area contributed by atoms with E-state index in [0.29, 0.717) is 11.3 Å². The van der Waals surface area contributed by atoms with Gasteiger partial charge in [0.05, 0.1) is 19.1 Å². The molecule has 2 aromatic rings. The number of hydrogen-bond donors (Lipinski definition) is 0. The Balaban J connectivity index is 1.84. The smallest absolute Gasteiger partial charge is 0.416 e. The second-order valence-corrected chi connectivity index (χ2v) is 5.91. The van der Waals surface area contributed by atoms with Gasteiger partial charge in [-0.2, -0.15) is 13.2 Å². The first-order valence-corrected chi connectivity index (χ1v) is 8.01. The van der Waals surface area contributed by atoms with E-state index in [-0.39, 0.29) is 12.2 Å². The van der Waals surface area contributed by atoms with Crippen LogP contribution in [0.1, 0.15) is 23.7 Å². The highest BCUT2D eigenvalue weighted by Crippen LogP contribution is 2.40. The Bertz CT molecular complexity index is 862. The summed E-state index contributed by atoms with van der Waals surface area (Å²) < 4.78 is 54.0. The van der Waals surface area contributed by atoms with Crippen molar-refractivity contribution < 1.29 is 37.0 Å². The topological polar surface area (TPSA) is 61.8 Å². The molecule has 2 atom stereocenters. The van der Waals surface area contributed by atoms with Crippen LogP contribution in [0, 0.1) is 5.92 Å². The molecule has 0 radical (unpaired) electrons. The molecular weight excluding hydrogens is 365 g/mol. The molecule has 142 valence electrons. The minimum atomic E-state index is -4.56. The molecule has 0 spiro atoms. The molecule has 1 aliphatic rings. The number of rotatable bonds is 4. The lowest BCUT2D eigenvalue weighted by atomic mass is 9.94. The first kappa shape index (κ1) is 18.8. The largest absolute Gasteiger partial charge is 0.496 e. The Kier molecular flexibility index (Phi) is 5.07. The summed E-state index contributed by atoms with van der Waals surface area (Å²) in [7, 11) is 1.44. The quantitative estimate of drug-likeness (QED) is 0.594. The third-order valence-corrected chi connectivity index (χ3v) is 4.14. The van der Waals surface area contributed by atoms with E-state index in [1.54, 1.807) is 24.3 Å². The van der Waals surface area contributed by atoms with Gasteiger partial charge in [-0.05, 0) is 24.3 Å². The van der Waals surface area contributed by atoms with Gasteiger partial charge in [-0.1, -0.05) is 24.3 Å². The number of carbonyl (C=O) groups is 2. The van der Waals surface area contributed by atoms with Crippen molar-refractivity contribution in [3.63, 3.8) is 0 Å². The maximum atomic E-state index is 12.8. The molecule has 0 unspecified atom stereocenters. The molecule has 1 saturated heterocycles. The first-order valence-electron chi connectivity index (χ1n) is 8.01. The van der Waals surface area contributed by atoms with Crippen molar-refractivity contribution in [2.45, 2.75) is 18.7 Å². The van der Waals surface area contributed by atoms with Gasteiger partial charge in [-0.15, -0.1) is 0 Å². The van der Waals surface area contributed by atoms with E-state index in [4.69, 9.17) is 14.2 Å². The minimum absolute atomic E-state index is 0.236. The lowest BCUT2D eigenvalue weighted by Crippen LogP contribution is -2.24. The van der Waals surface area contributed by atoms with E-state index in [1.165, 1.54) is 13.2 Å². The molecule has 0 N–H and O–H groups in total. The predicted octanol–water partition coefficient (Wildman–Crippen LogP) is 3.92. The molecular formula is C19H15F3O5. The lowest BCUT2D eigenvalue weighted by molar-refractivity contribution is -0.144. The van der Waals surface area contributed by atoms with Gasteiger partial charge < -0.3 is 14.2 Å². The Morgan fingerprint density at radius 1 is 1.15 bits per heavy atom. The summed E-state index contributed by atoms with van der Waals surface area (Å²) in [5.74, 6) is -2.28. The Morgan fingerprint density at radius 3 is 2.59 bits per heavy atom. The van der Waals surface area contributed by atoms with Crippen molar-refractivity contribution in [1.82, 2.24) is 0 Å². The van der Waals surface area contributed by atoms with Gasteiger partial charge in [0.2, 0.25) is 0 Å². The molecule has 1 heterocycles. The van der Waals surface area contributed by atoms with Gasteiger partial charge in [0.25, 0.3) is 0 Å². The zero-order valence-corrected chi connectivity index (χ0v) is 14.2. The number of esters is 2. The van der Waals surface area contributed by atoms with Crippen LogP contribution in [-0.4, -0.2) is 19.0 Å². The molecule has 3 rings (SSSR count). The van der Waals surface area contributed by atoms with Gasteiger partial charge in [0.15, 0.2) is 0 Å². The van der Waals surface area contributed by atoms with Crippen LogP contribution in [0.3, 0.4) is 0 Å². The van der Waals surface area contributed by atoms with Gasteiger partial charge in [0, 0.05) is 5.56 Å². The van der Waals surface area contributed by atoms with Crippen molar-refractivity contribution in [2.75, 3.05) is 7.11 Å². The highest BCUT2D eigenvalue weighted by Gasteiger charge is 2.43. The number of cyclic esters (lactones) is 1. The summed E-state index contributed by atoms with van der Waals surface area (Å²) in [4.78, 5) is 24.3. The standard InChI is InChI=1S/C19H15F3O5/c1-25-15-8-3-2-7-13(15)17-14(10-16(23)27-17)18(24)26-12-6-4-5-11(9-12)19(20,21)22/h2-9,14,17H,10H2,1H3/t14-,17-/m1/s1. The van der Waals surface area contributed by atoms with Crippen LogP contribution in [0.25, 0.3) is 0 Å². The van der Waals surface area contributed by atoms with Crippen molar-refractivity contribution in [1.29, 1.82) is 0 Å². The van der Waals surface area contributed by atoms with Crippen LogP contribution in [-0.2, 0) is 20.5 Å². The molecule has 0 aromatic heterocycles. The summed E-state index contributed by atoms with van der Waals surface area (Å²) in [6, 6.07) is 10.7. The fourth-order valence-corrected chi connectivity index (χ4v) is 2.87. The van der Waals surface area contributed by atoms with Crippen molar-refractivity contribution in [3.05, 3.63) is 59.7 Å². The fraction of sp³-hybridized carbons (Fsp3) is 0.263. The summed E-state index contributed by atoms with van der Waals surface area (Å²) in [6.45, 7) is 0. The molecule has 5 nitrogen and oxygen atoms in total. The van der Waals surface area contributed by atoms with E-state index in [0.717, 1.165) is 18.2 Å². The molecule has 8 heteroatoms. The number of benzene rings is 2. The molecule has 27 heavy (non-hydrogen) atoms. The van der Waals surface area contributed by atoms with Gasteiger partial charge in [0.1, 0.15) is 23.5 Å². The molecule has 0 bridgehead atoms. The molecule has 2 aromatic carbocycles. The van der Waals surface area contributed by atoms with E-state index < -0.39 is 35.7 Å². The highest BCUT2D eigenvalue weighted by atomic mass is 19.4. The second kappa shape index (κ2) is 7.30. The van der Waals surface area contributed by atoms with Crippen molar-refractivity contribution in [3.8, 4) is 11.5 Å². The van der Waals surface area contributed by atoms with Gasteiger partial charge >= 0.3 is 18.1 Å². The molecule has 1 aliphatic heterocycles. The Morgan fingerprint density at radius 2 is 1.89 bits per heavy atom. The van der Waals surface area contributed by atoms with Crippen LogP contribution in [0.2, 0.25) is 0 Å². The summed E-state index contributed by atoms with van der Waals surface area (Å²) in [5.41, 5.74) is -0.454. The molecule has 1 fully saturated rings. The summed E-state index contributed by atoms with van der Waals surface area (Å²) in [5, 5.41) is 0. The zero-order valence-electron chi connectivity index (χ0n) is 14.2. The third-order valence-electron chi connectivity index (χ3n) is 4.14. The van der Waals surface area contributed by atoms with Gasteiger partial charge in [-0.3, -0.25) is 9.59 Å². The number of halogens is 3. The predicted molar refractivity (Wildman–Crippen MR) is 87.0 cm³/mol. The Hall–Kier alpha value is -3.03. The maximum absolute atomic E-state index is 12.8. The SMILES string of the molecule is COc1ccccc1[C@H]1OC(=O)C[C@H]1C(=O)Oc1cccc(C(F)(F)F)c1. The number of hydrogen-bond acceptors (Lipinski definition) is 5. The van der Waals surface area contributed by atoms with E-state index in [9.17, 15) is 22.8 Å². The second-order valence-electron chi connectivity index (χ2n) is 5.91. The number of alkyl halides is 3. The average molecular weight is 380 g/mol. The number of carbonyl (C=O) groups excluding carboxylic acids is 2. The van der Waals surface area contributed by atoms with E-state index in [2.05, 4.69) is 0 Å². The van der Waals surface area contributed by atoms with Crippen molar-refractivity contribution in [2.24, 2.45) is 5.92 Å². The summed E-state index contributed by atoms with van der Waals surface area (Å²) in [6.07, 6.45) is -5.73. The van der Waals surface area contributed by atoms with E-state index in [1.807, 2.05) is 0 Å². The summed E-state index contributed by atoms with van der Waals surface area (Å²) >= 11 is 0. The Labute approximate surface area is 152 Å². The zero-order chi connectivity index (χ0) is 19.6. The average Bonchev–Trinajstić information content (AvgIpc) is 3.03. The molecule has 0 aliphatic carbocycles. The lowest BCUT2D eigenvalue weighted by Gasteiger charge is -2.19. The van der Waals surface area contributed by atoms with Crippen LogP contribution in [0.4, 0.5) is 13.2 Å². The molecule has 0 amide bonds. The van der Waals surface area contributed by atoms with Crippen LogP contribution in [0.15, 0.2) is 48.5 Å². The minimum Gasteiger partial charge on any atom is -0.496 e. The normalized spacial score (nSPS) is 19.5. The fourth-order valence-electron chi connectivity index (χ4n) is 2.87. The van der Waals surface area contributed by atoms with Crippen LogP contribution >= 0.6 is 0 Å². The number of ether oxygens (including phenoxy) is 3. The molecule has 0 saturated carbocycles. The van der Waals surface area contributed by atoms with Crippen LogP contribution in [0.5, 0.6) is 11.5 Å². The number of methoxy groups -OCH3 is 1. The highest BCUT2D eigenvalue weighted by molar-refractivity contribution is 5.85.